The van der Waals surface area contributed by atoms with Gasteiger partial charge in [-0.3, -0.25) is 4.79 Å². The summed E-state index contributed by atoms with van der Waals surface area (Å²) in [6.07, 6.45) is 2.13. The van der Waals surface area contributed by atoms with E-state index >= 15 is 0 Å². The number of fused-ring (bicyclic) bond motifs is 1. The molecule has 1 aromatic heterocycles. The Labute approximate surface area is 167 Å². The average Bonchev–Trinajstić information content (AvgIpc) is 3.35. The van der Waals surface area contributed by atoms with Gasteiger partial charge in [0, 0.05) is 17.7 Å². The minimum Gasteiger partial charge on any atom is -0.474 e. The van der Waals surface area contributed by atoms with E-state index in [1.54, 1.807) is 49.4 Å². The summed E-state index contributed by atoms with van der Waals surface area (Å²) >= 11 is 0. The van der Waals surface area contributed by atoms with Crippen LogP contribution in [-0.4, -0.2) is 18.4 Å². The summed E-state index contributed by atoms with van der Waals surface area (Å²) in [5.41, 5.74) is 1.09. The molecule has 0 N–H and O–H groups in total. The molecular formula is C23H18O6. The minimum absolute atomic E-state index is 0.164. The van der Waals surface area contributed by atoms with Crippen LogP contribution < -0.4 is 9.47 Å². The molecule has 29 heavy (non-hydrogen) atoms. The molecule has 4 rings (SSSR count). The van der Waals surface area contributed by atoms with Crippen molar-refractivity contribution < 1.29 is 28.2 Å². The van der Waals surface area contributed by atoms with Crippen LogP contribution in [0.15, 0.2) is 77.1 Å². The van der Waals surface area contributed by atoms with E-state index in [0.29, 0.717) is 28.4 Å². The lowest BCUT2D eigenvalue weighted by atomic mass is 10.1. The number of esters is 1. The van der Waals surface area contributed by atoms with Crippen molar-refractivity contribution in [2.75, 3.05) is 6.61 Å². The zero-order valence-corrected chi connectivity index (χ0v) is 15.7. The Bertz CT molecular complexity index is 1050. The van der Waals surface area contributed by atoms with Gasteiger partial charge in [0.15, 0.2) is 5.76 Å². The molecule has 146 valence electrons. The zero-order valence-electron chi connectivity index (χ0n) is 15.7. The number of furan rings is 1. The molecule has 1 unspecified atom stereocenters. The van der Waals surface area contributed by atoms with Gasteiger partial charge in [0.1, 0.15) is 17.3 Å². The highest BCUT2D eigenvalue weighted by molar-refractivity contribution is 6.14. The van der Waals surface area contributed by atoms with E-state index in [4.69, 9.17) is 18.6 Å². The number of carbonyl (C=O) groups is 2. The molecule has 0 aliphatic carbocycles. The summed E-state index contributed by atoms with van der Waals surface area (Å²) in [5.74, 6) is 0.697. The van der Waals surface area contributed by atoms with Crippen LogP contribution in [0.2, 0.25) is 0 Å². The Balaban J connectivity index is 1.59. The molecule has 0 amide bonds. The summed E-state index contributed by atoms with van der Waals surface area (Å²) in [5, 5.41) is 0. The monoisotopic (exact) mass is 390 g/mol. The molecule has 0 radical (unpaired) electrons. The van der Waals surface area contributed by atoms with E-state index in [9.17, 15) is 9.59 Å². The van der Waals surface area contributed by atoms with Crippen molar-refractivity contribution in [1.82, 2.24) is 0 Å². The predicted molar refractivity (Wildman–Crippen MR) is 105 cm³/mol. The number of benzene rings is 2. The first kappa shape index (κ1) is 18.6. The minimum atomic E-state index is -0.926. The van der Waals surface area contributed by atoms with E-state index in [0.717, 1.165) is 0 Å². The summed E-state index contributed by atoms with van der Waals surface area (Å²) in [6.45, 7) is 1.98. The molecule has 0 saturated heterocycles. The fourth-order valence-electron chi connectivity index (χ4n) is 2.98. The zero-order chi connectivity index (χ0) is 20.2. The van der Waals surface area contributed by atoms with Crippen LogP contribution in [0.3, 0.4) is 0 Å². The highest BCUT2D eigenvalue weighted by Crippen LogP contribution is 2.36. The largest absolute Gasteiger partial charge is 0.474 e. The van der Waals surface area contributed by atoms with E-state index < -0.39 is 12.1 Å². The number of ketones is 1. The molecule has 1 atom stereocenters. The Kier molecular flexibility index (Phi) is 5.16. The number of hydrogen-bond acceptors (Lipinski definition) is 6. The maximum atomic E-state index is 12.5. The summed E-state index contributed by atoms with van der Waals surface area (Å²) < 4.78 is 22.0. The molecule has 3 aromatic rings. The molecular weight excluding hydrogens is 372 g/mol. The van der Waals surface area contributed by atoms with E-state index in [1.807, 2.05) is 18.2 Å². The molecule has 6 heteroatoms. The van der Waals surface area contributed by atoms with Gasteiger partial charge in [-0.15, -0.1) is 0 Å². The van der Waals surface area contributed by atoms with Gasteiger partial charge in [-0.05, 0) is 31.2 Å². The van der Waals surface area contributed by atoms with Gasteiger partial charge < -0.3 is 18.6 Å². The number of Topliss-reactive ketones (excluding diaryl/α,β-unsaturated/α-hetero) is 1. The Morgan fingerprint density at radius 1 is 1.10 bits per heavy atom. The van der Waals surface area contributed by atoms with E-state index in [-0.39, 0.29) is 18.1 Å². The Hall–Kier alpha value is -3.80. The lowest BCUT2D eigenvalue weighted by Gasteiger charge is -2.18. The highest BCUT2D eigenvalue weighted by Gasteiger charge is 2.29. The molecule has 1 aliphatic heterocycles. The second-order valence-electron chi connectivity index (χ2n) is 6.27. The first-order valence-electron chi connectivity index (χ1n) is 9.15. The number of rotatable bonds is 6. The van der Waals surface area contributed by atoms with Crippen LogP contribution in [0.5, 0.6) is 11.5 Å². The SMILES string of the molecule is CCOC(=O)C(Oc1ccc2c(c1)O/C(=C\c1ccco1)C2=O)c1ccccc1. The van der Waals surface area contributed by atoms with E-state index in [2.05, 4.69) is 0 Å². The van der Waals surface area contributed by atoms with Crippen molar-refractivity contribution in [3.8, 4) is 11.5 Å². The number of hydrogen-bond donors (Lipinski definition) is 0. The molecule has 0 fully saturated rings. The molecule has 0 bridgehead atoms. The van der Waals surface area contributed by atoms with Crippen LogP contribution >= 0.6 is 0 Å². The van der Waals surface area contributed by atoms with Gasteiger partial charge in [0.2, 0.25) is 11.9 Å². The van der Waals surface area contributed by atoms with Crippen LogP contribution in [0, 0.1) is 0 Å². The Morgan fingerprint density at radius 3 is 2.66 bits per heavy atom. The molecule has 6 nitrogen and oxygen atoms in total. The van der Waals surface area contributed by atoms with Crippen molar-refractivity contribution in [3.05, 3.63) is 89.6 Å². The second kappa shape index (κ2) is 8.06. The van der Waals surface area contributed by atoms with Crippen molar-refractivity contribution >= 4 is 17.8 Å². The smallest absolute Gasteiger partial charge is 0.352 e. The third-order valence-corrected chi connectivity index (χ3v) is 4.31. The van der Waals surface area contributed by atoms with Gasteiger partial charge in [0.05, 0.1) is 18.4 Å². The third kappa shape index (κ3) is 3.91. The van der Waals surface area contributed by atoms with Crippen molar-refractivity contribution in [1.29, 1.82) is 0 Å². The fraction of sp³-hybridized carbons (Fsp3) is 0.130. The molecule has 0 spiro atoms. The average molecular weight is 390 g/mol. The lowest BCUT2D eigenvalue weighted by molar-refractivity contribution is -0.151. The van der Waals surface area contributed by atoms with Gasteiger partial charge in [-0.1, -0.05) is 30.3 Å². The van der Waals surface area contributed by atoms with Crippen LogP contribution in [-0.2, 0) is 9.53 Å². The van der Waals surface area contributed by atoms with Crippen molar-refractivity contribution in [3.63, 3.8) is 0 Å². The lowest BCUT2D eigenvalue weighted by Crippen LogP contribution is -2.21. The quantitative estimate of drug-likeness (QED) is 0.453. The van der Waals surface area contributed by atoms with Crippen molar-refractivity contribution in [2.45, 2.75) is 13.0 Å². The van der Waals surface area contributed by atoms with Gasteiger partial charge in [-0.25, -0.2) is 4.79 Å². The summed E-state index contributed by atoms with van der Waals surface area (Å²) in [6, 6.07) is 17.4. The van der Waals surface area contributed by atoms with E-state index in [1.165, 1.54) is 12.3 Å². The number of allylic oxidation sites excluding steroid dienone is 1. The standard InChI is InChI=1S/C23H18O6/c1-2-26-23(25)22(15-7-4-3-5-8-15)28-17-10-11-18-19(14-17)29-20(21(18)24)13-16-9-6-12-27-16/h3-14,22H,2H2,1H3/b20-13-. The molecule has 1 aliphatic rings. The van der Waals surface area contributed by atoms with Crippen LogP contribution in [0.4, 0.5) is 0 Å². The fourth-order valence-corrected chi connectivity index (χ4v) is 2.98. The van der Waals surface area contributed by atoms with Gasteiger partial charge in [-0.2, -0.15) is 0 Å². The summed E-state index contributed by atoms with van der Waals surface area (Å²) in [4.78, 5) is 24.9. The molecule has 2 heterocycles. The number of carbonyl (C=O) groups excluding carboxylic acids is 2. The maximum absolute atomic E-state index is 12.5. The summed E-state index contributed by atoms with van der Waals surface area (Å²) in [7, 11) is 0. The predicted octanol–water partition coefficient (Wildman–Crippen LogP) is 4.58. The highest BCUT2D eigenvalue weighted by atomic mass is 16.6. The first-order valence-corrected chi connectivity index (χ1v) is 9.15. The van der Waals surface area contributed by atoms with Crippen LogP contribution in [0.25, 0.3) is 6.08 Å². The van der Waals surface area contributed by atoms with Crippen LogP contribution in [0.1, 0.15) is 34.7 Å². The first-order chi connectivity index (χ1) is 14.2. The third-order valence-electron chi connectivity index (χ3n) is 4.31. The normalized spacial score (nSPS) is 14.9. The molecule has 0 saturated carbocycles. The van der Waals surface area contributed by atoms with Gasteiger partial charge in [0.25, 0.3) is 0 Å². The molecule has 2 aromatic carbocycles. The topological polar surface area (TPSA) is 75.0 Å². The van der Waals surface area contributed by atoms with Crippen molar-refractivity contribution in [2.24, 2.45) is 0 Å². The Morgan fingerprint density at radius 2 is 1.93 bits per heavy atom. The number of ether oxygens (including phenoxy) is 3. The second-order valence-corrected chi connectivity index (χ2v) is 6.27. The van der Waals surface area contributed by atoms with Gasteiger partial charge >= 0.3 is 5.97 Å². The maximum Gasteiger partial charge on any atom is 0.352 e.